The molecule has 3 nitrogen and oxygen atoms in total. The van der Waals surface area contributed by atoms with Crippen LogP contribution in [0.3, 0.4) is 0 Å². The highest BCUT2D eigenvalue weighted by atomic mass is 15.1. The Morgan fingerprint density at radius 3 is 3.00 bits per heavy atom. The summed E-state index contributed by atoms with van der Waals surface area (Å²) >= 11 is 0. The summed E-state index contributed by atoms with van der Waals surface area (Å²) in [5.74, 6) is 0.919. The Morgan fingerprint density at radius 1 is 1.57 bits per heavy atom. The lowest BCUT2D eigenvalue weighted by Gasteiger charge is -2.10. The first-order valence-electron chi connectivity index (χ1n) is 5.48. The van der Waals surface area contributed by atoms with Gasteiger partial charge in [-0.15, -0.1) is 0 Å². The lowest BCUT2D eigenvalue weighted by molar-refractivity contribution is 0.540. The van der Waals surface area contributed by atoms with Crippen molar-refractivity contribution in [2.24, 2.45) is 5.92 Å². The molecule has 2 rings (SSSR count). The van der Waals surface area contributed by atoms with Gasteiger partial charge in [-0.25, -0.2) is 4.98 Å². The first-order valence-corrected chi connectivity index (χ1v) is 5.48. The van der Waals surface area contributed by atoms with Gasteiger partial charge >= 0.3 is 0 Å². The normalized spacial score (nSPS) is 16.5. The second kappa shape index (κ2) is 4.13. The summed E-state index contributed by atoms with van der Waals surface area (Å²) < 4.78 is 2.28. The van der Waals surface area contributed by atoms with Gasteiger partial charge in [-0.2, -0.15) is 0 Å². The van der Waals surface area contributed by atoms with Crippen LogP contribution in [0.1, 0.15) is 32.4 Å². The third kappa shape index (κ3) is 2.58. The van der Waals surface area contributed by atoms with Gasteiger partial charge in [0.05, 0.1) is 12.0 Å². The van der Waals surface area contributed by atoms with Gasteiger partial charge in [-0.1, -0.05) is 13.8 Å². The van der Waals surface area contributed by atoms with E-state index in [1.807, 2.05) is 12.5 Å². The van der Waals surface area contributed by atoms with Crippen LogP contribution in [0.4, 0.5) is 0 Å². The highest BCUT2D eigenvalue weighted by Crippen LogP contribution is 2.30. The van der Waals surface area contributed by atoms with Crippen molar-refractivity contribution < 1.29 is 0 Å². The van der Waals surface area contributed by atoms with Gasteiger partial charge < -0.3 is 9.88 Å². The molecule has 1 heterocycles. The molecule has 1 aliphatic carbocycles. The Bertz CT molecular complexity index is 286. The molecule has 0 aromatic carbocycles. The van der Waals surface area contributed by atoms with Crippen molar-refractivity contribution in [1.82, 2.24) is 14.9 Å². The molecular formula is C11H19N3. The minimum atomic E-state index is 0.541. The molecule has 0 unspecified atom stereocenters. The van der Waals surface area contributed by atoms with E-state index in [9.17, 15) is 0 Å². The third-order valence-corrected chi connectivity index (χ3v) is 2.64. The summed E-state index contributed by atoms with van der Waals surface area (Å²) in [6.07, 6.45) is 6.72. The molecular weight excluding hydrogens is 174 g/mol. The maximum Gasteiger partial charge on any atom is 0.0948 e. The van der Waals surface area contributed by atoms with E-state index < -0.39 is 0 Å². The lowest BCUT2D eigenvalue weighted by atomic mass is 10.3. The molecule has 1 aromatic rings. The van der Waals surface area contributed by atoms with Gasteiger partial charge in [0.15, 0.2) is 0 Å². The fourth-order valence-electron chi connectivity index (χ4n) is 1.55. The molecule has 0 amide bonds. The van der Waals surface area contributed by atoms with E-state index in [2.05, 4.69) is 28.7 Å². The van der Waals surface area contributed by atoms with Crippen molar-refractivity contribution in [1.29, 1.82) is 0 Å². The largest absolute Gasteiger partial charge is 0.333 e. The molecule has 1 saturated carbocycles. The Balaban J connectivity index is 1.90. The predicted molar refractivity (Wildman–Crippen MR) is 56.9 cm³/mol. The summed E-state index contributed by atoms with van der Waals surface area (Å²) in [4.78, 5) is 4.20. The number of hydrogen-bond donors (Lipinski definition) is 1. The van der Waals surface area contributed by atoms with Gasteiger partial charge in [-0.05, 0) is 18.8 Å². The van der Waals surface area contributed by atoms with Crippen LogP contribution >= 0.6 is 0 Å². The Hall–Kier alpha value is -0.830. The Morgan fingerprint density at radius 2 is 2.36 bits per heavy atom. The summed E-state index contributed by atoms with van der Waals surface area (Å²) in [5, 5.41) is 3.42. The van der Waals surface area contributed by atoms with Crippen LogP contribution in [0.25, 0.3) is 0 Å². The van der Waals surface area contributed by atoms with Crippen molar-refractivity contribution >= 4 is 0 Å². The van der Waals surface area contributed by atoms with E-state index in [-0.39, 0.29) is 0 Å². The quantitative estimate of drug-likeness (QED) is 0.772. The molecule has 1 aromatic heterocycles. The zero-order chi connectivity index (χ0) is 9.97. The molecule has 0 saturated heterocycles. The van der Waals surface area contributed by atoms with Crippen molar-refractivity contribution in [3.63, 3.8) is 0 Å². The van der Waals surface area contributed by atoms with E-state index in [0.717, 1.165) is 19.0 Å². The molecule has 3 heteroatoms. The zero-order valence-corrected chi connectivity index (χ0v) is 9.03. The van der Waals surface area contributed by atoms with Gasteiger partial charge in [0.1, 0.15) is 0 Å². The van der Waals surface area contributed by atoms with E-state index in [1.54, 1.807) is 0 Å². The van der Waals surface area contributed by atoms with Crippen LogP contribution in [0.15, 0.2) is 12.5 Å². The van der Waals surface area contributed by atoms with Crippen LogP contribution in [-0.4, -0.2) is 15.6 Å². The summed E-state index contributed by atoms with van der Waals surface area (Å²) in [6.45, 7) is 6.43. The molecule has 0 bridgehead atoms. The van der Waals surface area contributed by atoms with Gasteiger partial charge in [0.25, 0.3) is 0 Å². The molecule has 0 spiro atoms. The topological polar surface area (TPSA) is 29.9 Å². The molecule has 1 aliphatic rings. The molecule has 0 radical (unpaired) electrons. The third-order valence-electron chi connectivity index (χ3n) is 2.64. The summed E-state index contributed by atoms with van der Waals surface area (Å²) in [7, 11) is 0. The number of nitrogens with one attached hydrogen (secondary N) is 1. The molecule has 1 N–H and O–H groups in total. The number of aromatic nitrogens is 2. The molecule has 78 valence electrons. The zero-order valence-electron chi connectivity index (χ0n) is 9.03. The van der Waals surface area contributed by atoms with Crippen LogP contribution in [0.5, 0.6) is 0 Å². The minimum Gasteiger partial charge on any atom is -0.333 e. The molecule has 1 fully saturated rings. The van der Waals surface area contributed by atoms with Gasteiger partial charge in [0, 0.05) is 25.3 Å². The van der Waals surface area contributed by atoms with Gasteiger partial charge in [-0.3, -0.25) is 0 Å². The van der Waals surface area contributed by atoms with Crippen LogP contribution in [0, 0.1) is 5.92 Å². The average molecular weight is 193 g/mol. The molecule has 0 aliphatic heterocycles. The maximum absolute atomic E-state index is 4.20. The highest BCUT2D eigenvalue weighted by Gasteiger charge is 2.22. The van der Waals surface area contributed by atoms with Crippen molar-refractivity contribution in [3.05, 3.63) is 18.2 Å². The van der Waals surface area contributed by atoms with E-state index in [1.165, 1.54) is 18.5 Å². The second-order valence-corrected chi connectivity index (χ2v) is 4.52. The smallest absolute Gasteiger partial charge is 0.0948 e. The summed E-state index contributed by atoms with van der Waals surface area (Å²) in [6, 6.07) is 0.541. The first-order chi connectivity index (χ1) is 6.75. The Labute approximate surface area is 85.5 Å². The van der Waals surface area contributed by atoms with Gasteiger partial charge in [0.2, 0.25) is 0 Å². The molecule has 14 heavy (non-hydrogen) atoms. The minimum absolute atomic E-state index is 0.541. The monoisotopic (exact) mass is 193 g/mol. The number of hydrogen-bond acceptors (Lipinski definition) is 2. The lowest BCUT2D eigenvalue weighted by Crippen LogP contribution is -2.23. The van der Waals surface area contributed by atoms with Crippen molar-refractivity contribution in [2.75, 3.05) is 0 Å². The van der Waals surface area contributed by atoms with Crippen LogP contribution in [-0.2, 0) is 13.1 Å². The fraction of sp³-hybridized carbons (Fsp3) is 0.727. The van der Waals surface area contributed by atoms with E-state index in [0.29, 0.717) is 6.04 Å². The predicted octanol–water partition coefficient (Wildman–Crippen LogP) is 1.79. The van der Waals surface area contributed by atoms with Crippen LogP contribution < -0.4 is 5.32 Å². The SMILES string of the molecule is CC(C)NCc1cncn1CC1CC1. The summed E-state index contributed by atoms with van der Waals surface area (Å²) in [5.41, 5.74) is 1.31. The first kappa shape index (κ1) is 9.71. The number of rotatable bonds is 5. The average Bonchev–Trinajstić information content (AvgIpc) is 2.81. The number of imidazole rings is 1. The fourth-order valence-corrected chi connectivity index (χ4v) is 1.55. The number of nitrogens with zero attached hydrogens (tertiary/aromatic N) is 2. The van der Waals surface area contributed by atoms with Crippen molar-refractivity contribution in [3.8, 4) is 0 Å². The Kier molecular flexibility index (Phi) is 2.87. The van der Waals surface area contributed by atoms with Crippen LogP contribution in [0.2, 0.25) is 0 Å². The standard InChI is InChI=1S/C11H19N3/c1-9(2)13-6-11-5-12-8-14(11)7-10-3-4-10/h5,8-10,13H,3-4,6-7H2,1-2H3. The van der Waals surface area contributed by atoms with E-state index in [4.69, 9.17) is 0 Å². The highest BCUT2D eigenvalue weighted by molar-refractivity contribution is 4.99. The van der Waals surface area contributed by atoms with Crippen molar-refractivity contribution in [2.45, 2.75) is 45.8 Å². The maximum atomic E-state index is 4.20. The second-order valence-electron chi connectivity index (χ2n) is 4.52. The molecule has 0 atom stereocenters. The van der Waals surface area contributed by atoms with E-state index >= 15 is 0 Å².